The van der Waals surface area contributed by atoms with Crippen molar-refractivity contribution >= 4 is 46.6 Å². The van der Waals surface area contributed by atoms with E-state index >= 15 is 0 Å². The van der Waals surface area contributed by atoms with E-state index in [1.807, 2.05) is 30.9 Å². The number of nitrogens with one attached hydrogen (secondary N) is 2. The summed E-state index contributed by atoms with van der Waals surface area (Å²) < 4.78 is 0. The predicted octanol–water partition coefficient (Wildman–Crippen LogP) is 4.77. The summed E-state index contributed by atoms with van der Waals surface area (Å²) in [6.45, 7) is 8.43. The summed E-state index contributed by atoms with van der Waals surface area (Å²) in [6.07, 6.45) is 7.97. The number of nitrogens with zero attached hydrogens (tertiary/aromatic N) is 3. The quantitative estimate of drug-likeness (QED) is 0.484. The molecule has 2 heterocycles. The van der Waals surface area contributed by atoms with Crippen LogP contribution in [0.25, 0.3) is 0 Å². The van der Waals surface area contributed by atoms with Crippen LogP contribution >= 0.6 is 11.6 Å². The van der Waals surface area contributed by atoms with Crippen LogP contribution < -0.4 is 21.3 Å². The molecule has 1 aromatic heterocycles. The summed E-state index contributed by atoms with van der Waals surface area (Å²) in [5.41, 5.74) is 8.42. The Bertz CT molecular complexity index is 1240. The highest BCUT2D eigenvalue weighted by atomic mass is 35.5. The lowest BCUT2D eigenvalue weighted by molar-refractivity contribution is -0.122. The number of hydrogen-bond donors (Lipinski definition) is 3. The molecule has 5 rings (SSSR count). The Balaban J connectivity index is 1.43. The minimum Gasteiger partial charge on any atom is -0.369 e. The molecule has 4 atom stereocenters. The molecule has 0 saturated heterocycles. The number of carbonyl (C=O) groups is 2. The maximum absolute atomic E-state index is 13.0. The fourth-order valence-corrected chi connectivity index (χ4v) is 6.12. The van der Waals surface area contributed by atoms with Crippen LogP contribution in [0.3, 0.4) is 0 Å². The molecule has 2 aliphatic carbocycles. The van der Waals surface area contributed by atoms with E-state index < -0.39 is 0 Å². The first kappa shape index (κ1) is 24.6. The van der Waals surface area contributed by atoms with Crippen molar-refractivity contribution in [1.29, 1.82) is 0 Å². The molecule has 0 unspecified atom stereocenters. The number of allylic oxidation sites excluding steroid dienone is 1. The summed E-state index contributed by atoms with van der Waals surface area (Å²) in [4.78, 5) is 35.9. The van der Waals surface area contributed by atoms with Crippen molar-refractivity contribution in [3.63, 3.8) is 0 Å². The molecule has 2 amide bonds. The standard InChI is InChI=1S/C27H33ClN6O2/c1-14(2)34-20-12-17(7-8-18(20)27(3,4)10-9-21(34)35)31-26-30-13-19(28)25(33-26)32-23-16-6-5-15(11-16)22(23)24(29)36/h5-8,12-16,22-23H,9-11H2,1-4H3,(H2,29,36)(H2,30,31,32,33)/t15-,16+,22+,23-/m1/s1. The Hall–Kier alpha value is -3.13. The summed E-state index contributed by atoms with van der Waals surface area (Å²) in [6, 6.07) is 5.95. The van der Waals surface area contributed by atoms with Crippen LogP contribution in [-0.4, -0.2) is 33.9 Å². The van der Waals surface area contributed by atoms with Crippen molar-refractivity contribution in [2.45, 2.75) is 64.5 Å². The highest BCUT2D eigenvalue weighted by Gasteiger charge is 2.47. The number of nitrogens with two attached hydrogens (primary N) is 1. The van der Waals surface area contributed by atoms with E-state index in [-0.39, 0.29) is 47.1 Å². The number of benzene rings is 1. The van der Waals surface area contributed by atoms with Gasteiger partial charge in [0.15, 0.2) is 5.82 Å². The third-order valence-corrected chi connectivity index (χ3v) is 8.10. The molecule has 8 nitrogen and oxygen atoms in total. The van der Waals surface area contributed by atoms with E-state index in [0.717, 1.165) is 29.8 Å². The number of aromatic nitrogens is 2. The zero-order valence-corrected chi connectivity index (χ0v) is 21.8. The molecule has 2 bridgehead atoms. The highest BCUT2D eigenvalue weighted by molar-refractivity contribution is 6.32. The van der Waals surface area contributed by atoms with Crippen molar-refractivity contribution in [3.8, 4) is 0 Å². The Kier molecular flexibility index (Phi) is 6.19. The predicted molar refractivity (Wildman–Crippen MR) is 142 cm³/mol. The second kappa shape index (κ2) is 9.07. The maximum Gasteiger partial charge on any atom is 0.229 e. The van der Waals surface area contributed by atoms with Gasteiger partial charge in [-0.25, -0.2) is 4.98 Å². The Labute approximate surface area is 216 Å². The number of rotatable bonds is 6. The summed E-state index contributed by atoms with van der Waals surface area (Å²) in [7, 11) is 0. The van der Waals surface area contributed by atoms with Gasteiger partial charge in [-0.2, -0.15) is 4.98 Å². The summed E-state index contributed by atoms with van der Waals surface area (Å²) in [5.74, 6) is 0.709. The molecule has 36 heavy (non-hydrogen) atoms. The summed E-state index contributed by atoms with van der Waals surface area (Å²) in [5, 5.41) is 7.01. The molecule has 0 radical (unpaired) electrons. The van der Waals surface area contributed by atoms with Crippen molar-refractivity contribution in [3.05, 3.63) is 47.1 Å². The molecule has 1 aromatic carbocycles. The number of amides is 2. The third-order valence-electron chi connectivity index (χ3n) is 7.83. The Morgan fingerprint density at radius 3 is 2.72 bits per heavy atom. The molecule has 3 aliphatic rings. The zero-order valence-electron chi connectivity index (χ0n) is 21.1. The SMILES string of the molecule is CC(C)N1C(=O)CCC(C)(C)c2ccc(Nc3ncc(Cl)c(N[C@H]4[C@@H](C(N)=O)[C@@H]5C=C[C@H]4C5)n3)cc21. The van der Waals surface area contributed by atoms with Gasteiger partial charge in [0.05, 0.1) is 12.1 Å². The van der Waals surface area contributed by atoms with Gasteiger partial charge >= 0.3 is 0 Å². The molecular formula is C27H33ClN6O2. The number of anilines is 4. The van der Waals surface area contributed by atoms with Crippen LogP contribution in [0.2, 0.25) is 5.02 Å². The first-order chi connectivity index (χ1) is 17.0. The molecule has 1 fully saturated rings. The number of carbonyl (C=O) groups excluding carboxylic acids is 2. The molecule has 4 N–H and O–H groups in total. The van der Waals surface area contributed by atoms with Gasteiger partial charge in [0.25, 0.3) is 0 Å². The van der Waals surface area contributed by atoms with Crippen LogP contribution in [0.5, 0.6) is 0 Å². The van der Waals surface area contributed by atoms with Gasteiger partial charge < -0.3 is 21.3 Å². The average molecular weight is 509 g/mol. The maximum atomic E-state index is 13.0. The fourth-order valence-electron chi connectivity index (χ4n) is 5.98. The smallest absolute Gasteiger partial charge is 0.229 e. The van der Waals surface area contributed by atoms with E-state index in [2.05, 4.69) is 52.7 Å². The molecule has 2 aromatic rings. The van der Waals surface area contributed by atoms with Gasteiger partial charge in [0.1, 0.15) is 5.02 Å². The van der Waals surface area contributed by atoms with Crippen LogP contribution in [0, 0.1) is 17.8 Å². The second-order valence-corrected chi connectivity index (χ2v) is 11.4. The first-order valence-corrected chi connectivity index (χ1v) is 12.9. The first-order valence-electron chi connectivity index (χ1n) is 12.6. The lowest BCUT2D eigenvalue weighted by Gasteiger charge is -2.30. The monoisotopic (exact) mass is 508 g/mol. The van der Waals surface area contributed by atoms with E-state index in [4.69, 9.17) is 17.3 Å². The van der Waals surface area contributed by atoms with E-state index in [0.29, 0.717) is 23.2 Å². The molecule has 1 aliphatic heterocycles. The molecule has 190 valence electrons. The average Bonchev–Trinajstić information content (AvgIpc) is 3.39. The van der Waals surface area contributed by atoms with Gasteiger partial charge in [-0.15, -0.1) is 0 Å². The van der Waals surface area contributed by atoms with Crippen molar-refractivity contribution < 1.29 is 9.59 Å². The lowest BCUT2D eigenvalue weighted by atomic mass is 9.80. The third kappa shape index (κ3) is 4.32. The second-order valence-electron chi connectivity index (χ2n) is 11.0. The number of fused-ring (bicyclic) bond motifs is 3. The van der Waals surface area contributed by atoms with Crippen molar-refractivity contribution in [2.75, 3.05) is 15.5 Å². The van der Waals surface area contributed by atoms with Crippen LogP contribution in [0.4, 0.5) is 23.1 Å². The Morgan fingerprint density at radius 2 is 2.00 bits per heavy atom. The van der Waals surface area contributed by atoms with Gasteiger partial charge in [-0.3, -0.25) is 9.59 Å². The molecular weight excluding hydrogens is 476 g/mol. The zero-order chi connectivity index (χ0) is 25.8. The largest absolute Gasteiger partial charge is 0.369 e. The number of primary amides is 1. The molecule has 0 spiro atoms. The highest BCUT2D eigenvalue weighted by Crippen LogP contribution is 2.45. The lowest BCUT2D eigenvalue weighted by Crippen LogP contribution is -2.41. The van der Waals surface area contributed by atoms with E-state index in [9.17, 15) is 9.59 Å². The van der Waals surface area contributed by atoms with E-state index in [1.165, 1.54) is 6.20 Å². The molecule has 1 saturated carbocycles. The molecule has 9 heteroatoms. The van der Waals surface area contributed by atoms with Crippen LogP contribution in [-0.2, 0) is 15.0 Å². The fraction of sp³-hybridized carbons (Fsp3) is 0.481. The minimum atomic E-state index is -0.315. The van der Waals surface area contributed by atoms with Gasteiger partial charge in [-0.1, -0.05) is 43.7 Å². The summed E-state index contributed by atoms with van der Waals surface area (Å²) >= 11 is 6.43. The van der Waals surface area contributed by atoms with Gasteiger partial charge in [-0.05, 0) is 61.6 Å². The van der Waals surface area contributed by atoms with Crippen molar-refractivity contribution in [1.82, 2.24) is 9.97 Å². The van der Waals surface area contributed by atoms with Crippen LogP contribution in [0.1, 0.15) is 52.5 Å². The van der Waals surface area contributed by atoms with Gasteiger partial charge in [0.2, 0.25) is 17.8 Å². The van der Waals surface area contributed by atoms with Crippen LogP contribution in [0.15, 0.2) is 36.5 Å². The number of halogens is 1. The Morgan fingerprint density at radius 1 is 1.25 bits per heavy atom. The van der Waals surface area contributed by atoms with E-state index in [1.54, 1.807) is 0 Å². The normalized spacial score (nSPS) is 26.2. The minimum absolute atomic E-state index is 0.0389. The number of hydrogen-bond acceptors (Lipinski definition) is 6. The topological polar surface area (TPSA) is 113 Å². The van der Waals surface area contributed by atoms with Crippen molar-refractivity contribution in [2.24, 2.45) is 23.5 Å². The van der Waals surface area contributed by atoms with Gasteiger partial charge in [0, 0.05) is 29.9 Å².